The zero-order valence-corrected chi connectivity index (χ0v) is 41.7. The Kier molecular flexibility index (Phi) is 25.7. The number of hydrogen-bond acceptors (Lipinski definition) is 12. The number of alkyl carbamates (subject to hydrolysis) is 1. The minimum Gasteiger partial charge on any atom is -0.467 e. The van der Waals surface area contributed by atoms with Gasteiger partial charge in [0.15, 0.2) is 0 Å². The maximum Gasteiger partial charge on any atom is 0.408 e. The van der Waals surface area contributed by atoms with Crippen LogP contribution in [0.2, 0.25) is 0 Å². The van der Waals surface area contributed by atoms with Gasteiger partial charge in [0.25, 0.3) is 0 Å². The van der Waals surface area contributed by atoms with E-state index < -0.39 is 94.9 Å². The molecule has 374 valence electrons. The smallest absolute Gasteiger partial charge is 0.408 e. The Balaban J connectivity index is 3.53. The molecule has 2 unspecified atom stereocenters. The summed E-state index contributed by atoms with van der Waals surface area (Å²) >= 11 is 0. The van der Waals surface area contributed by atoms with Crippen molar-refractivity contribution in [2.45, 2.75) is 189 Å². The van der Waals surface area contributed by atoms with Crippen LogP contribution in [0.1, 0.15) is 141 Å². The van der Waals surface area contributed by atoms with Crippen molar-refractivity contribution in [3.05, 3.63) is 0 Å². The first kappa shape index (κ1) is 58.5. The number of hydrogen-bond donors (Lipinski definition) is 7. The van der Waals surface area contributed by atoms with E-state index >= 15 is 0 Å². The summed E-state index contributed by atoms with van der Waals surface area (Å²) in [6.07, 6.45) is 1.38. The van der Waals surface area contributed by atoms with Crippen molar-refractivity contribution in [3.63, 3.8) is 0 Å². The molecule has 0 saturated carbocycles. The van der Waals surface area contributed by atoms with Crippen LogP contribution in [-0.2, 0) is 52.5 Å². The first-order valence-electron chi connectivity index (χ1n) is 23.2. The Morgan fingerprint density at radius 1 is 0.677 bits per heavy atom. The molecule has 1 aliphatic rings. The van der Waals surface area contributed by atoms with Gasteiger partial charge in [-0.2, -0.15) is 0 Å². The summed E-state index contributed by atoms with van der Waals surface area (Å²) < 4.78 is 21.9. The predicted molar refractivity (Wildman–Crippen MR) is 245 cm³/mol. The number of rotatable bonds is 14. The molecule has 0 bridgehead atoms. The highest BCUT2D eigenvalue weighted by molar-refractivity contribution is 5.98. The third-order valence-corrected chi connectivity index (χ3v) is 10.1. The minimum absolute atomic E-state index is 0.00411. The molecule has 1 heterocycles. The van der Waals surface area contributed by atoms with Crippen LogP contribution < -0.4 is 37.2 Å². The third-order valence-electron chi connectivity index (χ3n) is 10.1. The van der Waals surface area contributed by atoms with E-state index in [0.717, 1.165) is 0 Å². The topological polar surface area (TPSA) is 258 Å². The van der Waals surface area contributed by atoms with Crippen LogP contribution in [0.5, 0.6) is 0 Å². The number of esters is 1. The first-order valence-corrected chi connectivity index (χ1v) is 23.2. The molecule has 0 radical (unpaired) electrons. The van der Waals surface area contributed by atoms with Gasteiger partial charge in [0.2, 0.25) is 35.4 Å². The SMILES string of the molecule is COC(=O)C1CCOCCCCOCC[C@H](NC(=O)[C@H](CC(C)C)NC(=O)[C@H](CC(C)C)NC(=O)OC(C)(C)C)C(=O)NC(C)(C)C(=O)N[C@@H](CC(C)C)C(=O)NC(CC(C)C)C(=O)N1. The molecule has 65 heavy (non-hydrogen) atoms. The van der Waals surface area contributed by atoms with Crippen LogP contribution in [0.25, 0.3) is 0 Å². The van der Waals surface area contributed by atoms with E-state index in [1.54, 1.807) is 20.8 Å². The molecule has 0 aromatic heterocycles. The van der Waals surface area contributed by atoms with Crippen molar-refractivity contribution < 1.29 is 57.3 Å². The lowest BCUT2D eigenvalue weighted by atomic mass is 9.97. The quantitative estimate of drug-likeness (QED) is 0.124. The molecule has 1 rings (SSSR count). The molecule has 0 aliphatic carbocycles. The van der Waals surface area contributed by atoms with Gasteiger partial charge in [-0.1, -0.05) is 55.4 Å². The highest BCUT2D eigenvalue weighted by Crippen LogP contribution is 2.15. The summed E-state index contributed by atoms with van der Waals surface area (Å²) in [6.45, 7) is 23.9. The number of carbonyl (C=O) groups is 8. The standard InChI is InChI=1S/C46H83N7O12/c1-27(2)23-33(50-40(57)36(26-30(7)8)52-44(61)65-45(9,10)11)37(54)47-31-17-21-63-19-15-16-20-64-22-18-32(42(59)62-14)48-38(55)34(24-28(3)4)49-39(56)35(25-29(5)6)51-43(60)46(12,13)53-41(31)58/h27-36H,15-26H2,1-14H3,(H,47,54)(H,48,55)(H,49,56)(H,50,57)(H,51,60)(H,52,61)(H,53,58)/t31-,32?,33-,34?,35-,36-/m0/s1. The Morgan fingerprint density at radius 2 is 1.17 bits per heavy atom. The van der Waals surface area contributed by atoms with Crippen molar-refractivity contribution in [3.8, 4) is 0 Å². The van der Waals surface area contributed by atoms with Crippen molar-refractivity contribution in [1.82, 2.24) is 37.2 Å². The second kappa shape index (κ2) is 28.5. The molecule has 1 saturated heterocycles. The number of methoxy groups -OCH3 is 1. The van der Waals surface area contributed by atoms with E-state index in [1.807, 2.05) is 55.4 Å². The molecule has 0 aromatic carbocycles. The zero-order valence-electron chi connectivity index (χ0n) is 41.7. The highest BCUT2D eigenvalue weighted by atomic mass is 16.6. The van der Waals surface area contributed by atoms with E-state index in [-0.39, 0.29) is 75.4 Å². The van der Waals surface area contributed by atoms with E-state index in [0.29, 0.717) is 26.1 Å². The summed E-state index contributed by atoms with van der Waals surface area (Å²) in [5.74, 6) is -4.79. The van der Waals surface area contributed by atoms with Crippen molar-refractivity contribution >= 4 is 47.5 Å². The van der Waals surface area contributed by atoms with E-state index in [2.05, 4.69) is 37.2 Å². The molecule has 7 N–H and O–H groups in total. The minimum atomic E-state index is -1.63. The van der Waals surface area contributed by atoms with Crippen molar-refractivity contribution in [2.24, 2.45) is 23.7 Å². The molecule has 6 atom stereocenters. The van der Waals surface area contributed by atoms with Crippen LogP contribution in [0, 0.1) is 23.7 Å². The predicted octanol–water partition coefficient (Wildman–Crippen LogP) is 3.16. The molecule has 0 spiro atoms. The molecule has 19 heteroatoms. The van der Waals surface area contributed by atoms with Gasteiger partial charge < -0.3 is 56.2 Å². The van der Waals surface area contributed by atoms with Gasteiger partial charge in [-0.05, 0) is 103 Å². The van der Waals surface area contributed by atoms with E-state index in [1.165, 1.54) is 21.0 Å². The molecule has 7 amide bonds. The van der Waals surface area contributed by atoms with Gasteiger partial charge in [-0.3, -0.25) is 28.8 Å². The van der Waals surface area contributed by atoms with Crippen LogP contribution >= 0.6 is 0 Å². The average Bonchev–Trinajstić information content (AvgIpc) is 3.16. The van der Waals surface area contributed by atoms with Crippen LogP contribution in [0.4, 0.5) is 4.79 Å². The fourth-order valence-corrected chi connectivity index (χ4v) is 6.82. The van der Waals surface area contributed by atoms with Gasteiger partial charge in [0.1, 0.15) is 47.4 Å². The van der Waals surface area contributed by atoms with Gasteiger partial charge in [-0.15, -0.1) is 0 Å². The first-order chi connectivity index (χ1) is 30.1. The normalized spacial score (nSPS) is 22.4. The Bertz CT molecular complexity index is 1560. The monoisotopic (exact) mass is 926 g/mol. The third kappa shape index (κ3) is 24.0. The van der Waals surface area contributed by atoms with E-state index in [4.69, 9.17) is 18.9 Å². The Hall–Kier alpha value is -4.52. The van der Waals surface area contributed by atoms with Gasteiger partial charge in [0, 0.05) is 32.8 Å². The van der Waals surface area contributed by atoms with Crippen LogP contribution in [-0.4, -0.2) is 128 Å². The molecule has 0 aromatic rings. The fourth-order valence-electron chi connectivity index (χ4n) is 6.82. The number of amides is 7. The van der Waals surface area contributed by atoms with E-state index in [9.17, 15) is 38.4 Å². The lowest BCUT2D eigenvalue weighted by Gasteiger charge is -2.32. The summed E-state index contributed by atoms with van der Waals surface area (Å²) in [7, 11) is 1.22. The Labute approximate surface area is 387 Å². The summed E-state index contributed by atoms with van der Waals surface area (Å²) in [5.41, 5.74) is -2.44. The highest BCUT2D eigenvalue weighted by Gasteiger charge is 2.38. The largest absolute Gasteiger partial charge is 0.467 e. The molecule has 19 nitrogen and oxygen atoms in total. The lowest BCUT2D eigenvalue weighted by Crippen LogP contribution is -2.63. The lowest BCUT2D eigenvalue weighted by molar-refractivity contribution is -0.146. The molecule has 1 aliphatic heterocycles. The summed E-state index contributed by atoms with van der Waals surface area (Å²) in [6, 6.07) is -6.58. The number of carbonyl (C=O) groups excluding carboxylic acids is 8. The Morgan fingerprint density at radius 3 is 1.66 bits per heavy atom. The van der Waals surface area contributed by atoms with Crippen LogP contribution in [0.3, 0.4) is 0 Å². The molecular weight excluding hydrogens is 843 g/mol. The zero-order chi connectivity index (χ0) is 49.7. The van der Waals surface area contributed by atoms with Gasteiger partial charge in [-0.25, -0.2) is 9.59 Å². The molecular formula is C46H83N7O12. The van der Waals surface area contributed by atoms with Crippen molar-refractivity contribution in [1.29, 1.82) is 0 Å². The van der Waals surface area contributed by atoms with Crippen molar-refractivity contribution in [2.75, 3.05) is 33.5 Å². The summed E-state index contributed by atoms with van der Waals surface area (Å²) in [5, 5.41) is 19.2. The number of nitrogens with one attached hydrogen (secondary N) is 7. The maximum atomic E-state index is 14.1. The number of ether oxygens (including phenoxy) is 4. The fraction of sp³-hybridized carbons (Fsp3) is 0.826. The molecule has 1 fully saturated rings. The summed E-state index contributed by atoms with van der Waals surface area (Å²) in [4.78, 5) is 109. The maximum absolute atomic E-state index is 14.1. The van der Waals surface area contributed by atoms with Crippen LogP contribution in [0.15, 0.2) is 0 Å². The average molecular weight is 926 g/mol. The van der Waals surface area contributed by atoms with Gasteiger partial charge >= 0.3 is 12.1 Å². The van der Waals surface area contributed by atoms with Gasteiger partial charge in [0.05, 0.1) is 7.11 Å². The second-order valence-corrected chi connectivity index (χ2v) is 20.1. The second-order valence-electron chi connectivity index (χ2n) is 20.1.